The van der Waals surface area contributed by atoms with E-state index in [0.29, 0.717) is 0 Å². The van der Waals surface area contributed by atoms with E-state index in [1.807, 2.05) is 0 Å². The van der Waals surface area contributed by atoms with E-state index in [1.54, 1.807) is 6.92 Å². The molecule has 0 saturated heterocycles. The quantitative estimate of drug-likeness (QED) is 0.562. The average Bonchev–Trinajstić information content (AvgIpc) is 2.31. The summed E-state index contributed by atoms with van der Waals surface area (Å²) in [6, 6.07) is 2.17. The van der Waals surface area contributed by atoms with Crippen LogP contribution in [-0.4, -0.2) is 33.8 Å². The van der Waals surface area contributed by atoms with Gasteiger partial charge >= 0.3 is 18.5 Å². The van der Waals surface area contributed by atoms with E-state index in [0.717, 1.165) is 12.1 Å². The Morgan fingerprint density at radius 3 is 1.80 bits per heavy atom. The van der Waals surface area contributed by atoms with Crippen LogP contribution in [0.2, 0.25) is 0 Å². The summed E-state index contributed by atoms with van der Waals surface area (Å²) in [4.78, 5) is 31.7. The fourth-order valence-corrected chi connectivity index (χ4v) is 1.49. The SMILES string of the molecule is CCc1c(OC(=O)O)ccc(OC(=O)O)c1OC(=O)O. The summed E-state index contributed by atoms with van der Waals surface area (Å²) in [7, 11) is 0. The van der Waals surface area contributed by atoms with Gasteiger partial charge in [0.2, 0.25) is 0 Å². The lowest BCUT2D eigenvalue weighted by Crippen LogP contribution is -2.12. The lowest BCUT2D eigenvalue weighted by Gasteiger charge is -2.14. The second kappa shape index (κ2) is 6.27. The molecule has 0 aliphatic carbocycles. The second-order valence-corrected chi connectivity index (χ2v) is 3.33. The monoisotopic (exact) mass is 286 g/mol. The highest BCUT2D eigenvalue weighted by Gasteiger charge is 2.21. The molecule has 20 heavy (non-hydrogen) atoms. The highest BCUT2D eigenvalue weighted by atomic mass is 16.7. The van der Waals surface area contributed by atoms with Crippen LogP contribution in [0.5, 0.6) is 17.2 Å². The Morgan fingerprint density at radius 1 is 0.900 bits per heavy atom. The molecule has 0 radical (unpaired) electrons. The van der Waals surface area contributed by atoms with Crippen molar-refractivity contribution in [1.82, 2.24) is 0 Å². The predicted octanol–water partition coefficient (Wildman–Crippen LogP) is 2.42. The first kappa shape index (κ1) is 15.1. The number of ether oxygens (including phenoxy) is 3. The third kappa shape index (κ3) is 3.77. The van der Waals surface area contributed by atoms with E-state index in [-0.39, 0.29) is 23.5 Å². The molecule has 0 aliphatic rings. The summed E-state index contributed by atoms with van der Waals surface area (Å²) in [6.45, 7) is 1.57. The van der Waals surface area contributed by atoms with Gasteiger partial charge in [0, 0.05) is 5.56 Å². The van der Waals surface area contributed by atoms with E-state index in [4.69, 9.17) is 15.3 Å². The van der Waals surface area contributed by atoms with E-state index >= 15 is 0 Å². The van der Waals surface area contributed by atoms with Crippen molar-refractivity contribution in [2.24, 2.45) is 0 Å². The molecule has 0 saturated carbocycles. The van der Waals surface area contributed by atoms with Crippen LogP contribution in [0.15, 0.2) is 12.1 Å². The van der Waals surface area contributed by atoms with Crippen LogP contribution in [0.1, 0.15) is 12.5 Å². The van der Waals surface area contributed by atoms with Gasteiger partial charge in [0.15, 0.2) is 11.5 Å². The number of carboxylic acid groups (broad SMARTS) is 3. The summed E-state index contributed by atoms with van der Waals surface area (Å²) in [5.74, 6) is -0.982. The normalized spacial score (nSPS) is 9.65. The Hall–Kier alpha value is -2.97. The first-order valence-electron chi connectivity index (χ1n) is 5.23. The molecule has 108 valence electrons. The minimum atomic E-state index is -1.71. The number of hydrogen-bond acceptors (Lipinski definition) is 6. The maximum atomic E-state index is 10.6. The van der Waals surface area contributed by atoms with Crippen LogP contribution in [-0.2, 0) is 6.42 Å². The molecule has 0 aliphatic heterocycles. The Morgan fingerprint density at radius 2 is 1.35 bits per heavy atom. The Bertz CT molecular complexity index is 549. The molecule has 3 N–H and O–H groups in total. The summed E-state index contributed by atoms with van der Waals surface area (Å²) < 4.78 is 13.3. The van der Waals surface area contributed by atoms with Crippen LogP contribution in [0, 0.1) is 0 Å². The van der Waals surface area contributed by atoms with Crippen molar-refractivity contribution in [2.45, 2.75) is 13.3 Å². The van der Waals surface area contributed by atoms with Crippen LogP contribution < -0.4 is 14.2 Å². The molecule has 0 fully saturated rings. The van der Waals surface area contributed by atoms with Gasteiger partial charge in [0.05, 0.1) is 0 Å². The average molecular weight is 286 g/mol. The Kier molecular flexibility index (Phi) is 4.73. The number of rotatable bonds is 4. The summed E-state index contributed by atoms with van der Waals surface area (Å²) in [5, 5.41) is 25.8. The van der Waals surface area contributed by atoms with Crippen molar-refractivity contribution in [3.8, 4) is 17.2 Å². The molecule has 0 bridgehead atoms. The van der Waals surface area contributed by atoms with Gasteiger partial charge in [-0.2, -0.15) is 0 Å². The van der Waals surface area contributed by atoms with Gasteiger partial charge < -0.3 is 29.5 Å². The smallest absolute Gasteiger partial charge is 0.449 e. The minimum Gasteiger partial charge on any atom is -0.449 e. The molecule has 1 aromatic carbocycles. The zero-order chi connectivity index (χ0) is 15.3. The van der Waals surface area contributed by atoms with E-state index < -0.39 is 24.2 Å². The zero-order valence-electron chi connectivity index (χ0n) is 10.2. The van der Waals surface area contributed by atoms with Crippen molar-refractivity contribution in [2.75, 3.05) is 0 Å². The van der Waals surface area contributed by atoms with Gasteiger partial charge in [-0.3, -0.25) is 0 Å². The van der Waals surface area contributed by atoms with Crippen molar-refractivity contribution in [1.29, 1.82) is 0 Å². The molecule has 0 atom stereocenters. The van der Waals surface area contributed by atoms with Crippen LogP contribution in [0.3, 0.4) is 0 Å². The summed E-state index contributed by atoms with van der Waals surface area (Å²) in [5.41, 5.74) is 0.0496. The van der Waals surface area contributed by atoms with Crippen molar-refractivity contribution in [3.63, 3.8) is 0 Å². The van der Waals surface area contributed by atoms with E-state index in [2.05, 4.69) is 14.2 Å². The van der Waals surface area contributed by atoms with E-state index in [9.17, 15) is 14.4 Å². The maximum absolute atomic E-state index is 10.6. The highest BCUT2D eigenvalue weighted by Crippen LogP contribution is 2.38. The van der Waals surface area contributed by atoms with Crippen molar-refractivity contribution >= 4 is 18.5 Å². The largest absolute Gasteiger partial charge is 0.511 e. The molecular formula is C11H10O9. The van der Waals surface area contributed by atoms with Crippen molar-refractivity contribution in [3.05, 3.63) is 17.7 Å². The zero-order valence-corrected chi connectivity index (χ0v) is 10.2. The number of hydrogen-bond donors (Lipinski definition) is 3. The van der Waals surface area contributed by atoms with Crippen molar-refractivity contribution < 1.29 is 43.9 Å². The second-order valence-electron chi connectivity index (χ2n) is 3.33. The van der Waals surface area contributed by atoms with Gasteiger partial charge in [-0.25, -0.2) is 14.4 Å². The van der Waals surface area contributed by atoms with Gasteiger partial charge in [-0.05, 0) is 18.6 Å². The number of carbonyl (C=O) groups is 3. The predicted molar refractivity (Wildman–Crippen MR) is 61.8 cm³/mol. The molecule has 0 heterocycles. The molecular weight excluding hydrogens is 276 g/mol. The van der Waals surface area contributed by atoms with Crippen LogP contribution in [0.25, 0.3) is 0 Å². The molecule has 0 spiro atoms. The van der Waals surface area contributed by atoms with Gasteiger partial charge in [-0.15, -0.1) is 0 Å². The Labute approximate surface area is 111 Å². The first-order valence-corrected chi connectivity index (χ1v) is 5.23. The molecule has 0 amide bonds. The third-order valence-corrected chi connectivity index (χ3v) is 2.12. The lowest BCUT2D eigenvalue weighted by molar-refractivity contribution is 0.131. The maximum Gasteiger partial charge on any atom is 0.511 e. The molecule has 9 nitrogen and oxygen atoms in total. The minimum absolute atomic E-state index is 0.0496. The van der Waals surface area contributed by atoms with Gasteiger partial charge in [-0.1, -0.05) is 6.92 Å². The Balaban J connectivity index is 3.36. The fraction of sp³-hybridized carbons (Fsp3) is 0.182. The molecule has 1 aromatic rings. The molecule has 9 heteroatoms. The fourth-order valence-electron chi connectivity index (χ4n) is 1.49. The van der Waals surface area contributed by atoms with Gasteiger partial charge in [0.25, 0.3) is 0 Å². The summed E-state index contributed by atoms with van der Waals surface area (Å²) in [6.07, 6.45) is -4.85. The van der Waals surface area contributed by atoms with Gasteiger partial charge in [0.1, 0.15) is 5.75 Å². The van der Waals surface area contributed by atoms with Crippen LogP contribution >= 0.6 is 0 Å². The third-order valence-electron chi connectivity index (χ3n) is 2.12. The topological polar surface area (TPSA) is 140 Å². The lowest BCUT2D eigenvalue weighted by atomic mass is 10.1. The number of benzene rings is 1. The molecule has 0 aromatic heterocycles. The highest BCUT2D eigenvalue weighted by molar-refractivity contribution is 5.71. The van der Waals surface area contributed by atoms with E-state index in [1.165, 1.54) is 0 Å². The first-order chi connectivity index (χ1) is 9.35. The van der Waals surface area contributed by atoms with Crippen LogP contribution in [0.4, 0.5) is 14.4 Å². The molecule has 0 unspecified atom stereocenters. The summed E-state index contributed by atoms with van der Waals surface area (Å²) >= 11 is 0. The standard InChI is InChI=1S/C11H10O9/c1-2-5-6(18-9(12)13)3-4-7(19-10(14)15)8(5)20-11(16)17/h3-4H,2H2,1H3,(H,12,13)(H,14,15)(H,16,17). The molecule has 1 rings (SSSR count).